The van der Waals surface area contributed by atoms with Gasteiger partial charge in [0.25, 0.3) is 0 Å². The summed E-state index contributed by atoms with van der Waals surface area (Å²) in [4.78, 5) is 12.8. The van der Waals surface area contributed by atoms with Crippen LogP contribution >= 0.6 is 0 Å². The highest BCUT2D eigenvalue weighted by Gasteiger charge is 2.46. The number of carbonyl (C=O) groups excluding carboxylic acids is 1. The molecule has 1 aromatic rings. The fourth-order valence-corrected chi connectivity index (χ4v) is 3.75. The Kier molecular flexibility index (Phi) is 3.79. The van der Waals surface area contributed by atoms with Crippen LogP contribution in [-0.2, 0) is 10.2 Å². The summed E-state index contributed by atoms with van der Waals surface area (Å²) in [6.07, 6.45) is 6.52. The van der Waals surface area contributed by atoms with Gasteiger partial charge >= 0.3 is 0 Å². The zero-order valence-electron chi connectivity index (χ0n) is 12.0. The molecule has 3 nitrogen and oxygen atoms in total. The van der Waals surface area contributed by atoms with E-state index in [1.807, 2.05) is 18.2 Å². The molecule has 20 heavy (non-hydrogen) atoms. The zero-order chi connectivity index (χ0) is 14.0. The predicted octanol–water partition coefficient (Wildman–Crippen LogP) is 2.35. The minimum atomic E-state index is -0.275. The highest BCUT2D eigenvalue weighted by molar-refractivity contribution is 5.89. The molecule has 1 aromatic carbocycles. The Morgan fingerprint density at radius 2 is 1.95 bits per heavy atom. The molecule has 108 valence electrons. The Bertz CT molecular complexity index is 467. The lowest BCUT2D eigenvalue weighted by Gasteiger charge is -2.41. The van der Waals surface area contributed by atoms with E-state index in [9.17, 15) is 4.79 Å². The molecule has 0 heterocycles. The highest BCUT2D eigenvalue weighted by atomic mass is 16.2. The van der Waals surface area contributed by atoms with Crippen molar-refractivity contribution in [1.82, 2.24) is 5.32 Å². The van der Waals surface area contributed by atoms with Crippen molar-refractivity contribution in [3.63, 3.8) is 0 Å². The summed E-state index contributed by atoms with van der Waals surface area (Å²) in [6, 6.07) is 10.5. The fraction of sp³-hybridized carbons (Fsp3) is 0.588. The molecule has 0 bridgehead atoms. The molecule has 2 atom stereocenters. The van der Waals surface area contributed by atoms with Crippen LogP contribution in [0.25, 0.3) is 0 Å². The molecule has 3 rings (SSSR count). The maximum absolute atomic E-state index is 12.8. The van der Waals surface area contributed by atoms with Crippen LogP contribution in [0.2, 0.25) is 0 Å². The Balaban J connectivity index is 1.75. The first-order valence-electron chi connectivity index (χ1n) is 7.83. The molecule has 0 radical (unpaired) electrons. The van der Waals surface area contributed by atoms with Crippen LogP contribution in [0.4, 0.5) is 0 Å². The highest BCUT2D eigenvalue weighted by Crippen LogP contribution is 2.44. The molecule has 3 N–H and O–H groups in total. The van der Waals surface area contributed by atoms with E-state index < -0.39 is 0 Å². The predicted molar refractivity (Wildman–Crippen MR) is 80.3 cm³/mol. The van der Waals surface area contributed by atoms with Crippen molar-refractivity contribution in [2.75, 3.05) is 6.54 Å². The van der Waals surface area contributed by atoms with E-state index >= 15 is 0 Å². The van der Waals surface area contributed by atoms with Crippen molar-refractivity contribution in [2.45, 2.75) is 50.0 Å². The van der Waals surface area contributed by atoms with Gasteiger partial charge in [0.05, 0.1) is 5.41 Å². The van der Waals surface area contributed by atoms with E-state index in [2.05, 4.69) is 17.4 Å². The minimum absolute atomic E-state index is 0.223. The number of amides is 1. The number of nitrogens with two attached hydrogens (primary N) is 1. The van der Waals surface area contributed by atoms with Gasteiger partial charge in [-0.05, 0) is 43.7 Å². The van der Waals surface area contributed by atoms with Gasteiger partial charge in [0.2, 0.25) is 5.91 Å². The van der Waals surface area contributed by atoms with Crippen molar-refractivity contribution in [2.24, 2.45) is 11.7 Å². The Morgan fingerprint density at radius 3 is 2.55 bits per heavy atom. The lowest BCUT2D eigenvalue weighted by Crippen LogP contribution is -2.53. The monoisotopic (exact) mass is 272 g/mol. The number of nitrogens with one attached hydrogen (secondary N) is 1. The third kappa shape index (κ3) is 2.24. The maximum Gasteiger partial charge on any atom is 0.230 e. The Morgan fingerprint density at radius 1 is 1.20 bits per heavy atom. The van der Waals surface area contributed by atoms with E-state index in [0.29, 0.717) is 12.5 Å². The Hall–Kier alpha value is -1.35. The summed E-state index contributed by atoms with van der Waals surface area (Å²) in [5.41, 5.74) is 6.71. The van der Waals surface area contributed by atoms with Crippen molar-refractivity contribution in [3.05, 3.63) is 35.9 Å². The van der Waals surface area contributed by atoms with E-state index in [1.54, 1.807) is 0 Å². The summed E-state index contributed by atoms with van der Waals surface area (Å²) in [5, 5.41) is 3.30. The first-order valence-corrected chi connectivity index (χ1v) is 7.83. The van der Waals surface area contributed by atoms with E-state index in [1.165, 1.54) is 12.0 Å². The average Bonchev–Trinajstić information content (AvgIpc) is 2.86. The number of hydrogen-bond donors (Lipinski definition) is 2. The van der Waals surface area contributed by atoms with Crippen LogP contribution in [0, 0.1) is 5.92 Å². The molecule has 2 fully saturated rings. The molecule has 0 aliphatic heterocycles. The quantitative estimate of drug-likeness (QED) is 0.884. The smallest absolute Gasteiger partial charge is 0.230 e. The third-order valence-electron chi connectivity index (χ3n) is 5.25. The van der Waals surface area contributed by atoms with Gasteiger partial charge in [-0.15, -0.1) is 0 Å². The van der Waals surface area contributed by atoms with Crippen LogP contribution in [0.5, 0.6) is 0 Å². The fourth-order valence-electron chi connectivity index (χ4n) is 3.75. The standard InChI is InChI=1S/C17H24N2O/c18-12-13-6-4-9-15(13)19-16(20)17(10-5-11-17)14-7-2-1-3-8-14/h1-3,7-8,13,15H,4-6,9-12,18H2,(H,19,20). The number of rotatable bonds is 4. The minimum Gasteiger partial charge on any atom is -0.352 e. The summed E-state index contributed by atoms with van der Waals surface area (Å²) in [5.74, 6) is 0.687. The molecule has 2 unspecified atom stereocenters. The molecular formula is C17H24N2O. The van der Waals surface area contributed by atoms with Gasteiger partial charge in [0.1, 0.15) is 0 Å². The normalized spacial score (nSPS) is 27.9. The second kappa shape index (κ2) is 5.57. The summed E-state index contributed by atoms with van der Waals surface area (Å²) >= 11 is 0. The molecule has 0 aromatic heterocycles. The first kappa shape index (κ1) is 13.6. The summed E-state index contributed by atoms with van der Waals surface area (Å²) in [6.45, 7) is 0.684. The van der Waals surface area contributed by atoms with Crippen molar-refractivity contribution < 1.29 is 4.79 Å². The molecule has 2 aliphatic carbocycles. The van der Waals surface area contributed by atoms with Gasteiger partial charge in [0, 0.05) is 6.04 Å². The van der Waals surface area contributed by atoms with Crippen LogP contribution < -0.4 is 11.1 Å². The second-order valence-electron chi connectivity index (χ2n) is 6.31. The zero-order valence-corrected chi connectivity index (χ0v) is 12.0. The van der Waals surface area contributed by atoms with Gasteiger partial charge in [-0.3, -0.25) is 4.79 Å². The van der Waals surface area contributed by atoms with Crippen LogP contribution in [0.3, 0.4) is 0 Å². The number of benzene rings is 1. The lowest BCUT2D eigenvalue weighted by atomic mass is 9.63. The molecule has 3 heteroatoms. The first-order chi connectivity index (χ1) is 9.76. The van der Waals surface area contributed by atoms with E-state index in [-0.39, 0.29) is 17.4 Å². The second-order valence-corrected chi connectivity index (χ2v) is 6.31. The van der Waals surface area contributed by atoms with Crippen molar-refractivity contribution >= 4 is 5.91 Å². The van der Waals surface area contributed by atoms with Gasteiger partial charge in [0.15, 0.2) is 0 Å². The molecule has 2 saturated carbocycles. The van der Waals surface area contributed by atoms with Gasteiger partial charge in [-0.2, -0.15) is 0 Å². The molecule has 0 spiro atoms. The summed E-state index contributed by atoms with van der Waals surface area (Å²) < 4.78 is 0. The molecule has 0 saturated heterocycles. The average molecular weight is 272 g/mol. The van der Waals surface area contributed by atoms with Gasteiger partial charge in [-0.25, -0.2) is 0 Å². The van der Waals surface area contributed by atoms with Crippen LogP contribution in [-0.4, -0.2) is 18.5 Å². The van der Waals surface area contributed by atoms with Crippen molar-refractivity contribution in [3.8, 4) is 0 Å². The van der Waals surface area contributed by atoms with Gasteiger partial charge in [-0.1, -0.05) is 43.2 Å². The SMILES string of the molecule is NCC1CCCC1NC(=O)C1(c2ccccc2)CCC1. The number of carbonyl (C=O) groups is 1. The summed E-state index contributed by atoms with van der Waals surface area (Å²) in [7, 11) is 0. The Labute approximate surface area is 120 Å². The third-order valence-corrected chi connectivity index (χ3v) is 5.25. The maximum atomic E-state index is 12.8. The van der Waals surface area contributed by atoms with E-state index in [0.717, 1.165) is 32.1 Å². The molecule has 1 amide bonds. The lowest BCUT2D eigenvalue weighted by molar-refractivity contribution is -0.130. The van der Waals surface area contributed by atoms with Crippen LogP contribution in [0.15, 0.2) is 30.3 Å². The largest absolute Gasteiger partial charge is 0.352 e. The topological polar surface area (TPSA) is 55.1 Å². The number of hydrogen-bond acceptors (Lipinski definition) is 2. The van der Waals surface area contributed by atoms with Crippen molar-refractivity contribution in [1.29, 1.82) is 0 Å². The van der Waals surface area contributed by atoms with Crippen LogP contribution in [0.1, 0.15) is 44.1 Å². The molecular weight excluding hydrogens is 248 g/mol. The molecule has 2 aliphatic rings. The van der Waals surface area contributed by atoms with Gasteiger partial charge < -0.3 is 11.1 Å². The van der Waals surface area contributed by atoms with E-state index in [4.69, 9.17) is 5.73 Å².